The van der Waals surface area contributed by atoms with Crippen LogP contribution in [0.3, 0.4) is 0 Å². The fraction of sp³-hybridized carbons (Fsp3) is 0.703. The predicted octanol–water partition coefficient (Wildman–Crippen LogP) is 6.40. The zero-order chi connectivity index (χ0) is 35.2. The summed E-state index contributed by atoms with van der Waals surface area (Å²) in [6.45, 7) is 26.2. The topological polar surface area (TPSA) is 140 Å². The van der Waals surface area contributed by atoms with Crippen molar-refractivity contribution in [1.29, 1.82) is 0 Å². The third kappa shape index (κ3) is 11.2. The summed E-state index contributed by atoms with van der Waals surface area (Å²) in [5.74, 6) is -1.10. The lowest BCUT2D eigenvalue weighted by molar-refractivity contribution is -0.134. The summed E-state index contributed by atoms with van der Waals surface area (Å²) in [7, 11) is 0. The molecule has 9 nitrogen and oxygen atoms in total. The molecule has 1 atom stereocenters. The van der Waals surface area contributed by atoms with Crippen LogP contribution in [-0.2, 0) is 23.9 Å². The van der Waals surface area contributed by atoms with Crippen molar-refractivity contribution in [3.63, 3.8) is 0 Å². The van der Waals surface area contributed by atoms with E-state index in [1.165, 1.54) is 44.6 Å². The minimum atomic E-state index is -0.833. The molecule has 5 N–H and O–H groups in total. The summed E-state index contributed by atoms with van der Waals surface area (Å²) < 4.78 is 11.6. The number of hydrogen-bond acceptors (Lipinski definition) is 6. The number of hydrogen-bond donors (Lipinski definition) is 4. The molecule has 0 radical (unpaired) electrons. The van der Waals surface area contributed by atoms with Crippen molar-refractivity contribution in [3.8, 4) is 0 Å². The van der Waals surface area contributed by atoms with Gasteiger partial charge in [-0.1, -0.05) is 36.1 Å². The molecular weight excluding hydrogens is 582 g/mol. The molecule has 2 aliphatic carbocycles. The number of amides is 2. The summed E-state index contributed by atoms with van der Waals surface area (Å²) in [6.07, 6.45) is 4.22. The Morgan fingerprint density at radius 2 is 1.17 bits per heavy atom. The summed E-state index contributed by atoms with van der Waals surface area (Å²) >= 11 is 0. The molecule has 0 fully saturated rings. The number of unbranched alkanes of at least 4 members (excludes halogenated alkanes) is 1. The van der Waals surface area contributed by atoms with Gasteiger partial charge in [0.2, 0.25) is 11.8 Å². The van der Waals surface area contributed by atoms with Crippen LogP contribution >= 0.6 is 0 Å². The minimum Gasteiger partial charge on any atom is -0.481 e. The van der Waals surface area contributed by atoms with Crippen molar-refractivity contribution in [2.75, 3.05) is 39.5 Å². The smallest absolute Gasteiger partial charge is 0.300 e. The standard InChI is InChI=1S/C35H59N3O4.C2H4O2/c1-23-24(2)28(6)34(9,27(23)5)15-14-32(39)38-31(13-11-12-17-36)33(40)37-18-20-42-22-21-41-19-16-35(10)29(7)25(3)26(4)30(35)8;1-2(3)4/h31H,11-22,36H2,1-10H3,(H,37,40)(H,38,39);1H3,(H,3,4). The maximum absolute atomic E-state index is 13.0. The van der Waals surface area contributed by atoms with Crippen molar-refractivity contribution in [2.24, 2.45) is 16.6 Å². The van der Waals surface area contributed by atoms with Crippen LogP contribution in [0.25, 0.3) is 0 Å². The van der Waals surface area contributed by atoms with Crippen LogP contribution in [-0.4, -0.2) is 68.4 Å². The molecule has 2 rings (SSSR count). The maximum atomic E-state index is 13.0. The molecule has 1 unspecified atom stereocenters. The summed E-state index contributed by atoms with van der Waals surface area (Å²) in [5.41, 5.74) is 16.7. The first-order chi connectivity index (χ1) is 21.4. The van der Waals surface area contributed by atoms with Gasteiger partial charge in [0.05, 0.1) is 19.8 Å². The summed E-state index contributed by atoms with van der Waals surface area (Å²) in [6, 6.07) is -0.570. The summed E-state index contributed by atoms with van der Waals surface area (Å²) in [5, 5.41) is 13.3. The second-order valence-corrected chi connectivity index (χ2v) is 13.4. The zero-order valence-electron chi connectivity index (χ0n) is 30.6. The molecule has 0 saturated heterocycles. The van der Waals surface area contributed by atoms with Gasteiger partial charge in [0, 0.05) is 37.3 Å². The minimum absolute atomic E-state index is 0.0773. The highest BCUT2D eigenvalue weighted by atomic mass is 16.5. The average molecular weight is 646 g/mol. The van der Waals surface area contributed by atoms with E-state index in [-0.39, 0.29) is 22.6 Å². The number of carbonyl (C=O) groups is 3. The molecule has 0 aliphatic heterocycles. The van der Waals surface area contributed by atoms with Crippen molar-refractivity contribution < 1.29 is 29.0 Å². The lowest BCUT2D eigenvalue weighted by Gasteiger charge is -2.29. The SMILES string of the molecule is CC(=O)O.CC1=C(C)C(C)(CCOCCOCCNC(=O)C(CCCCN)NC(=O)CCC2(C)C(C)=C(C)C(C)=C2C)C(C)=C1C. The van der Waals surface area contributed by atoms with E-state index in [0.717, 1.165) is 32.6 Å². The molecule has 0 heterocycles. The number of aliphatic carboxylic acids is 1. The van der Waals surface area contributed by atoms with E-state index < -0.39 is 12.0 Å². The molecule has 9 heteroatoms. The molecule has 0 bridgehead atoms. The first-order valence-electron chi connectivity index (χ1n) is 16.8. The van der Waals surface area contributed by atoms with Crippen molar-refractivity contribution in [2.45, 2.75) is 121 Å². The molecule has 0 aromatic carbocycles. The highest BCUT2D eigenvalue weighted by Crippen LogP contribution is 2.50. The molecule has 0 spiro atoms. The number of nitrogens with two attached hydrogens (primary N) is 1. The molecule has 2 amide bonds. The predicted molar refractivity (Wildman–Crippen MR) is 186 cm³/mol. The Labute approximate surface area is 278 Å². The van der Waals surface area contributed by atoms with E-state index in [0.29, 0.717) is 52.4 Å². The number of ether oxygens (including phenoxy) is 2. The van der Waals surface area contributed by atoms with Gasteiger partial charge in [0.1, 0.15) is 6.04 Å². The number of nitrogens with one attached hydrogen (secondary N) is 2. The Kier molecular flexibility index (Phi) is 17.2. The number of rotatable bonds is 18. The normalized spacial score (nSPS) is 17.7. The van der Waals surface area contributed by atoms with Crippen molar-refractivity contribution in [1.82, 2.24) is 10.6 Å². The van der Waals surface area contributed by atoms with Crippen molar-refractivity contribution in [3.05, 3.63) is 44.6 Å². The fourth-order valence-corrected chi connectivity index (χ4v) is 6.45. The van der Waals surface area contributed by atoms with E-state index in [4.69, 9.17) is 25.1 Å². The molecule has 46 heavy (non-hydrogen) atoms. The number of carboxylic acid groups (broad SMARTS) is 1. The lowest BCUT2D eigenvalue weighted by atomic mass is 9.75. The van der Waals surface area contributed by atoms with Gasteiger partial charge in [0.15, 0.2) is 0 Å². The fourth-order valence-electron chi connectivity index (χ4n) is 6.45. The van der Waals surface area contributed by atoms with E-state index in [1.54, 1.807) is 0 Å². The third-order valence-corrected chi connectivity index (χ3v) is 10.8. The van der Waals surface area contributed by atoms with Gasteiger partial charge in [-0.3, -0.25) is 14.4 Å². The number of carboxylic acids is 1. The highest BCUT2D eigenvalue weighted by molar-refractivity contribution is 5.87. The van der Waals surface area contributed by atoms with Crippen LogP contribution < -0.4 is 16.4 Å². The van der Waals surface area contributed by atoms with Gasteiger partial charge in [-0.15, -0.1) is 0 Å². The van der Waals surface area contributed by atoms with Gasteiger partial charge in [-0.2, -0.15) is 0 Å². The number of carbonyl (C=O) groups excluding carboxylic acids is 2. The second-order valence-electron chi connectivity index (χ2n) is 13.4. The van der Waals surface area contributed by atoms with Crippen LogP contribution in [0.5, 0.6) is 0 Å². The Hall–Kier alpha value is -2.75. The first kappa shape index (κ1) is 41.3. The van der Waals surface area contributed by atoms with Crippen LogP contribution in [0.1, 0.15) is 115 Å². The van der Waals surface area contributed by atoms with Crippen LogP contribution in [0.2, 0.25) is 0 Å². The monoisotopic (exact) mass is 645 g/mol. The first-order valence-corrected chi connectivity index (χ1v) is 16.8. The molecule has 0 aromatic heterocycles. The average Bonchev–Trinajstić information content (AvgIpc) is 3.24. The second kappa shape index (κ2) is 19.2. The van der Waals surface area contributed by atoms with Crippen LogP contribution in [0.4, 0.5) is 0 Å². The van der Waals surface area contributed by atoms with E-state index in [9.17, 15) is 9.59 Å². The Balaban J connectivity index is 0.00000249. The number of allylic oxidation sites excluding steroid dienone is 8. The largest absolute Gasteiger partial charge is 0.481 e. The molecule has 262 valence electrons. The Morgan fingerprint density at radius 3 is 1.63 bits per heavy atom. The zero-order valence-corrected chi connectivity index (χ0v) is 30.6. The van der Waals surface area contributed by atoms with Gasteiger partial charge in [-0.25, -0.2) is 0 Å². The van der Waals surface area contributed by atoms with Crippen LogP contribution in [0.15, 0.2) is 44.6 Å². The van der Waals surface area contributed by atoms with E-state index in [1.807, 2.05) is 0 Å². The molecule has 0 saturated carbocycles. The highest BCUT2D eigenvalue weighted by Gasteiger charge is 2.37. The lowest BCUT2D eigenvalue weighted by Crippen LogP contribution is -2.47. The van der Waals surface area contributed by atoms with Crippen molar-refractivity contribution >= 4 is 17.8 Å². The maximum Gasteiger partial charge on any atom is 0.300 e. The Morgan fingerprint density at radius 1 is 0.739 bits per heavy atom. The van der Waals surface area contributed by atoms with E-state index in [2.05, 4.69) is 79.9 Å². The quantitative estimate of drug-likeness (QED) is 0.127. The summed E-state index contributed by atoms with van der Waals surface area (Å²) in [4.78, 5) is 34.9. The third-order valence-electron chi connectivity index (χ3n) is 10.8. The van der Waals surface area contributed by atoms with Gasteiger partial charge in [0.25, 0.3) is 5.97 Å². The van der Waals surface area contributed by atoms with Gasteiger partial charge in [-0.05, 0) is 116 Å². The molecule has 0 aromatic rings. The van der Waals surface area contributed by atoms with Crippen LogP contribution in [0, 0.1) is 10.8 Å². The molecule has 2 aliphatic rings. The van der Waals surface area contributed by atoms with Gasteiger partial charge >= 0.3 is 0 Å². The van der Waals surface area contributed by atoms with Gasteiger partial charge < -0.3 is 30.9 Å². The van der Waals surface area contributed by atoms with E-state index >= 15 is 0 Å². The Bertz CT molecular complexity index is 1160. The molecular formula is C37H63N3O6.